The summed E-state index contributed by atoms with van der Waals surface area (Å²) in [7, 11) is 1.59. The number of rotatable bonds is 13. The van der Waals surface area contributed by atoms with E-state index in [1.165, 1.54) is 0 Å². The summed E-state index contributed by atoms with van der Waals surface area (Å²) in [4.78, 5) is 49.8. The number of benzene rings is 4. The van der Waals surface area contributed by atoms with E-state index in [2.05, 4.69) is 55.4 Å². The van der Waals surface area contributed by atoms with E-state index < -0.39 is 23.9 Å². The fraction of sp³-hybridized carbons (Fsp3) is 0.250. The second-order valence-electron chi connectivity index (χ2n) is 14.5. The SMILES string of the molecule is CCc1ccc2c(c1)-n1cnnc1[C@@H](CC(=O)NCCNC(=O)CNC(=O)C[C@@H]1N=C(c3ccc(Cl)cc3)c3cc(OC)ccc3-n3c(C)nnc31)N=C2c1ccc(Cl)cc1. The third kappa shape index (κ3) is 8.79. The number of aryl methyl sites for hydroxylation is 2. The molecule has 310 valence electrons. The van der Waals surface area contributed by atoms with Gasteiger partial charge < -0.3 is 20.7 Å². The molecular formula is C44H41Cl2N11O4. The number of carbonyl (C=O) groups is 3. The van der Waals surface area contributed by atoms with Crippen LogP contribution >= 0.6 is 23.2 Å². The van der Waals surface area contributed by atoms with Crippen LogP contribution in [0, 0.1) is 6.92 Å². The van der Waals surface area contributed by atoms with Crippen LogP contribution < -0.4 is 20.7 Å². The molecule has 15 nitrogen and oxygen atoms in total. The van der Waals surface area contributed by atoms with Crippen molar-refractivity contribution in [2.45, 2.75) is 45.2 Å². The molecule has 0 saturated carbocycles. The fourth-order valence-corrected chi connectivity index (χ4v) is 7.68. The van der Waals surface area contributed by atoms with Gasteiger partial charge in [0, 0.05) is 45.4 Å². The predicted octanol–water partition coefficient (Wildman–Crippen LogP) is 5.65. The van der Waals surface area contributed by atoms with E-state index in [0.29, 0.717) is 44.7 Å². The molecule has 4 aromatic carbocycles. The van der Waals surface area contributed by atoms with Gasteiger partial charge in [-0.3, -0.25) is 33.5 Å². The summed E-state index contributed by atoms with van der Waals surface area (Å²) in [5.74, 6) is 1.15. The second-order valence-corrected chi connectivity index (χ2v) is 15.3. The standard InChI is InChI=1S/C44H41Cl2N11O4/c1-4-26-5-15-32-37(19-26)56-24-50-54-43(56)34(51-41(32)27-6-10-29(45)11-7-27)21-38(58)47-17-18-48-40(60)23-49-39(59)22-35-44-55-53-25(2)57(44)36-16-14-31(61-3)20-33(36)42(52-35)28-8-12-30(46)13-9-28/h5-16,19-20,24,34-35H,4,17-18,21-23H2,1-3H3,(H,47,58)(H,48,60)(H,49,59)/t34-,35+/m1/s1. The predicted molar refractivity (Wildman–Crippen MR) is 231 cm³/mol. The van der Waals surface area contributed by atoms with Crippen LogP contribution in [0.5, 0.6) is 5.75 Å². The van der Waals surface area contributed by atoms with E-state index in [1.54, 1.807) is 25.6 Å². The van der Waals surface area contributed by atoms with Gasteiger partial charge in [0.1, 0.15) is 30.0 Å². The van der Waals surface area contributed by atoms with Gasteiger partial charge in [-0.1, -0.05) is 66.5 Å². The first-order valence-corrected chi connectivity index (χ1v) is 20.5. The molecule has 0 spiro atoms. The average molecular weight is 859 g/mol. The maximum Gasteiger partial charge on any atom is 0.239 e. The first-order chi connectivity index (χ1) is 29.6. The largest absolute Gasteiger partial charge is 0.497 e. The Morgan fingerprint density at radius 1 is 0.689 bits per heavy atom. The molecule has 2 aromatic heterocycles. The Bertz CT molecular complexity index is 2690. The van der Waals surface area contributed by atoms with Crippen LogP contribution in [-0.4, -0.2) is 85.4 Å². The second kappa shape index (κ2) is 17.9. The van der Waals surface area contributed by atoms with Crippen LogP contribution in [-0.2, 0) is 20.8 Å². The molecule has 17 heteroatoms. The van der Waals surface area contributed by atoms with Crippen LogP contribution in [0.1, 0.15) is 77.1 Å². The average Bonchev–Trinajstić information content (AvgIpc) is 3.86. The molecular weight excluding hydrogens is 817 g/mol. The zero-order valence-electron chi connectivity index (χ0n) is 33.5. The Balaban J connectivity index is 0.892. The van der Waals surface area contributed by atoms with Crippen molar-refractivity contribution in [1.29, 1.82) is 0 Å². The maximum absolute atomic E-state index is 13.4. The fourth-order valence-electron chi connectivity index (χ4n) is 7.43. The molecule has 2 aliphatic rings. The molecule has 3 amide bonds. The van der Waals surface area contributed by atoms with Gasteiger partial charge >= 0.3 is 0 Å². The summed E-state index contributed by atoms with van der Waals surface area (Å²) in [6, 6.07) is 25.2. The molecule has 0 fully saturated rings. The van der Waals surface area contributed by atoms with Gasteiger partial charge in [0.2, 0.25) is 17.7 Å². The highest BCUT2D eigenvalue weighted by Crippen LogP contribution is 2.35. The van der Waals surface area contributed by atoms with Crippen LogP contribution in [0.3, 0.4) is 0 Å². The molecule has 61 heavy (non-hydrogen) atoms. The number of fused-ring (bicyclic) bond motifs is 6. The lowest BCUT2D eigenvalue weighted by Gasteiger charge is -2.14. The quantitative estimate of drug-likeness (QED) is 0.125. The van der Waals surface area contributed by atoms with Crippen molar-refractivity contribution in [1.82, 2.24) is 45.5 Å². The summed E-state index contributed by atoms with van der Waals surface area (Å²) >= 11 is 12.4. The van der Waals surface area contributed by atoms with Crippen molar-refractivity contribution in [2.24, 2.45) is 9.98 Å². The number of carbonyl (C=O) groups excluding carboxylic acids is 3. The van der Waals surface area contributed by atoms with Gasteiger partial charge in [-0.2, -0.15) is 0 Å². The number of nitrogens with one attached hydrogen (secondary N) is 3. The Morgan fingerprint density at radius 3 is 1.97 bits per heavy atom. The topological polar surface area (TPSA) is 183 Å². The molecule has 0 bridgehead atoms. The van der Waals surface area contributed by atoms with Crippen molar-refractivity contribution in [3.63, 3.8) is 0 Å². The zero-order chi connectivity index (χ0) is 42.6. The molecule has 2 atom stereocenters. The van der Waals surface area contributed by atoms with Crippen molar-refractivity contribution < 1.29 is 19.1 Å². The minimum absolute atomic E-state index is 0.0102. The summed E-state index contributed by atoms with van der Waals surface area (Å²) in [6.45, 7) is 3.92. The zero-order valence-corrected chi connectivity index (χ0v) is 35.0. The molecule has 6 aromatic rings. The summed E-state index contributed by atoms with van der Waals surface area (Å²) in [5.41, 5.74) is 7.42. The van der Waals surface area contributed by atoms with Crippen LogP contribution in [0.15, 0.2) is 101 Å². The Kier molecular flexibility index (Phi) is 12.0. The lowest BCUT2D eigenvalue weighted by Crippen LogP contribution is -2.40. The Morgan fingerprint density at radius 2 is 1.31 bits per heavy atom. The van der Waals surface area contributed by atoms with Crippen molar-refractivity contribution in [3.8, 4) is 17.1 Å². The van der Waals surface area contributed by atoms with E-state index in [4.69, 9.17) is 37.9 Å². The van der Waals surface area contributed by atoms with E-state index in [9.17, 15) is 14.4 Å². The number of aromatic nitrogens is 6. The molecule has 0 aliphatic carbocycles. The first-order valence-electron chi connectivity index (χ1n) is 19.7. The molecule has 0 radical (unpaired) electrons. The molecule has 0 unspecified atom stereocenters. The summed E-state index contributed by atoms with van der Waals surface area (Å²) in [5, 5.41) is 26.8. The number of aliphatic imine (C=N–C) groups is 2. The number of hydrogen-bond donors (Lipinski definition) is 3. The highest BCUT2D eigenvalue weighted by Gasteiger charge is 2.31. The number of amides is 3. The molecule has 3 N–H and O–H groups in total. The van der Waals surface area contributed by atoms with Gasteiger partial charge in [0.15, 0.2) is 11.6 Å². The van der Waals surface area contributed by atoms with Crippen LogP contribution in [0.4, 0.5) is 0 Å². The van der Waals surface area contributed by atoms with Gasteiger partial charge in [-0.05, 0) is 67.4 Å². The first kappa shape index (κ1) is 41.0. The third-order valence-corrected chi connectivity index (χ3v) is 11.0. The number of hydrogen-bond acceptors (Lipinski definition) is 10. The minimum Gasteiger partial charge on any atom is -0.497 e. The molecule has 2 aliphatic heterocycles. The monoisotopic (exact) mass is 857 g/mol. The highest BCUT2D eigenvalue weighted by atomic mass is 35.5. The number of nitrogens with zero attached hydrogens (tertiary/aromatic N) is 8. The van der Waals surface area contributed by atoms with Crippen molar-refractivity contribution >= 4 is 52.3 Å². The van der Waals surface area contributed by atoms with E-state index in [-0.39, 0.29) is 38.4 Å². The van der Waals surface area contributed by atoms with Gasteiger partial charge in [-0.25, -0.2) is 0 Å². The smallest absolute Gasteiger partial charge is 0.239 e. The normalized spacial score (nSPS) is 15.1. The summed E-state index contributed by atoms with van der Waals surface area (Å²) < 4.78 is 9.31. The van der Waals surface area contributed by atoms with E-state index in [1.807, 2.05) is 76.7 Å². The van der Waals surface area contributed by atoms with Gasteiger partial charge in [0.05, 0.1) is 49.3 Å². The van der Waals surface area contributed by atoms with Crippen LogP contribution in [0.2, 0.25) is 10.0 Å². The van der Waals surface area contributed by atoms with Gasteiger partial charge in [0.25, 0.3) is 0 Å². The number of methoxy groups -OCH3 is 1. The Labute approximate surface area is 361 Å². The summed E-state index contributed by atoms with van der Waals surface area (Å²) in [6.07, 6.45) is 2.36. The number of halogens is 2. The van der Waals surface area contributed by atoms with Crippen molar-refractivity contribution in [3.05, 3.63) is 147 Å². The van der Waals surface area contributed by atoms with E-state index >= 15 is 0 Å². The van der Waals surface area contributed by atoms with Crippen LogP contribution in [0.25, 0.3) is 11.4 Å². The minimum atomic E-state index is -0.736. The molecule has 8 rings (SSSR count). The highest BCUT2D eigenvalue weighted by molar-refractivity contribution is 6.31. The Hall–Kier alpha value is -6.71. The molecule has 0 saturated heterocycles. The maximum atomic E-state index is 13.4. The lowest BCUT2D eigenvalue weighted by molar-refractivity contribution is -0.126. The van der Waals surface area contributed by atoms with Gasteiger partial charge in [-0.15, -0.1) is 20.4 Å². The third-order valence-electron chi connectivity index (χ3n) is 10.5. The number of ether oxygens (including phenoxy) is 1. The lowest BCUT2D eigenvalue weighted by atomic mass is 9.98. The molecule has 4 heterocycles. The van der Waals surface area contributed by atoms with Crippen molar-refractivity contribution in [2.75, 3.05) is 26.7 Å². The van der Waals surface area contributed by atoms with E-state index in [0.717, 1.165) is 45.6 Å².